The van der Waals surface area contributed by atoms with Crippen molar-refractivity contribution in [1.29, 1.82) is 0 Å². The summed E-state index contributed by atoms with van der Waals surface area (Å²) in [6.45, 7) is 1.77. The Morgan fingerprint density at radius 3 is 2.60 bits per heavy atom. The van der Waals surface area contributed by atoms with Crippen molar-refractivity contribution in [2.45, 2.75) is 18.8 Å². The molecule has 0 aromatic carbocycles. The Balaban J connectivity index is 1.57. The van der Waals surface area contributed by atoms with Crippen LogP contribution in [0, 0.1) is 0 Å². The lowest BCUT2D eigenvalue weighted by Gasteiger charge is -2.32. The highest BCUT2D eigenvalue weighted by Gasteiger charge is 2.26. The lowest BCUT2D eigenvalue weighted by atomic mass is 9.94. The van der Waals surface area contributed by atoms with Gasteiger partial charge in [0.25, 0.3) is 0 Å². The van der Waals surface area contributed by atoms with Gasteiger partial charge in [-0.2, -0.15) is 0 Å². The van der Waals surface area contributed by atoms with Gasteiger partial charge in [-0.15, -0.1) is 0 Å². The Morgan fingerprint density at radius 1 is 0.920 bits per heavy atom. The monoisotopic (exact) mass is 334 g/mol. The molecule has 0 radical (unpaired) electrons. The molecule has 3 aromatic heterocycles. The highest BCUT2D eigenvalue weighted by atomic mass is 15.3. The zero-order valence-corrected chi connectivity index (χ0v) is 13.7. The van der Waals surface area contributed by atoms with Gasteiger partial charge in [-0.1, -0.05) is 0 Å². The largest absolute Gasteiger partial charge is 0.340 e. The summed E-state index contributed by atoms with van der Waals surface area (Å²) in [6.07, 6.45) is 14.0. The first-order chi connectivity index (χ1) is 12.4. The molecule has 8 nitrogen and oxygen atoms in total. The number of hydrogen-bond donors (Lipinski definition) is 1. The van der Waals surface area contributed by atoms with Crippen LogP contribution in [0.3, 0.4) is 0 Å². The lowest BCUT2D eigenvalue weighted by Crippen LogP contribution is -2.36. The van der Waals surface area contributed by atoms with Crippen molar-refractivity contribution >= 4 is 17.6 Å². The molecule has 1 aliphatic heterocycles. The van der Waals surface area contributed by atoms with Crippen LogP contribution >= 0.6 is 0 Å². The first-order valence-corrected chi connectivity index (χ1v) is 8.26. The molecule has 1 aliphatic rings. The molecule has 0 aliphatic carbocycles. The SMILES string of the molecule is c1cnc(N2CCC[C@@H](c3nccnc3Nc3cnccn3)C2)nc1. The normalized spacial score (nSPS) is 17.3. The van der Waals surface area contributed by atoms with E-state index in [0.29, 0.717) is 5.82 Å². The molecule has 1 fully saturated rings. The number of hydrogen-bond acceptors (Lipinski definition) is 8. The molecular formula is C17H18N8. The van der Waals surface area contributed by atoms with Gasteiger partial charge in [-0.05, 0) is 18.9 Å². The number of anilines is 3. The summed E-state index contributed by atoms with van der Waals surface area (Å²) in [6, 6.07) is 1.83. The van der Waals surface area contributed by atoms with E-state index in [2.05, 4.69) is 40.1 Å². The van der Waals surface area contributed by atoms with E-state index in [1.54, 1.807) is 43.4 Å². The highest BCUT2D eigenvalue weighted by molar-refractivity contribution is 5.54. The van der Waals surface area contributed by atoms with Crippen LogP contribution in [0.15, 0.2) is 49.4 Å². The van der Waals surface area contributed by atoms with E-state index in [4.69, 9.17) is 0 Å². The second-order valence-corrected chi connectivity index (χ2v) is 5.84. The second-order valence-electron chi connectivity index (χ2n) is 5.84. The third-order valence-corrected chi connectivity index (χ3v) is 4.18. The molecule has 1 saturated heterocycles. The molecule has 0 amide bonds. The van der Waals surface area contributed by atoms with Crippen LogP contribution in [0.5, 0.6) is 0 Å². The summed E-state index contributed by atoms with van der Waals surface area (Å²) in [5, 5.41) is 3.23. The first-order valence-electron chi connectivity index (χ1n) is 8.26. The molecule has 4 heterocycles. The molecule has 25 heavy (non-hydrogen) atoms. The highest BCUT2D eigenvalue weighted by Crippen LogP contribution is 2.31. The zero-order valence-electron chi connectivity index (χ0n) is 13.7. The van der Waals surface area contributed by atoms with E-state index in [0.717, 1.165) is 43.4 Å². The summed E-state index contributed by atoms with van der Waals surface area (Å²) in [5.41, 5.74) is 0.939. The lowest BCUT2D eigenvalue weighted by molar-refractivity contribution is 0.495. The van der Waals surface area contributed by atoms with Crippen molar-refractivity contribution in [3.8, 4) is 0 Å². The molecule has 0 bridgehead atoms. The Labute approximate surface area is 145 Å². The van der Waals surface area contributed by atoms with Gasteiger partial charge >= 0.3 is 0 Å². The number of rotatable bonds is 4. The number of nitrogens with zero attached hydrogens (tertiary/aromatic N) is 7. The maximum Gasteiger partial charge on any atom is 0.225 e. The van der Waals surface area contributed by atoms with Crippen molar-refractivity contribution < 1.29 is 0 Å². The van der Waals surface area contributed by atoms with E-state index >= 15 is 0 Å². The van der Waals surface area contributed by atoms with Crippen molar-refractivity contribution in [1.82, 2.24) is 29.9 Å². The van der Waals surface area contributed by atoms with Crippen molar-refractivity contribution in [3.63, 3.8) is 0 Å². The maximum absolute atomic E-state index is 4.59. The van der Waals surface area contributed by atoms with Gasteiger partial charge in [0.2, 0.25) is 5.95 Å². The number of piperidine rings is 1. The fourth-order valence-corrected chi connectivity index (χ4v) is 3.07. The van der Waals surface area contributed by atoms with Crippen molar-refractivity contribution in [2.24, 2.45) is 0 Å². The van der Waals surface area contributed by atoms with Crippen LogP contribution in [-0.2, 0) is 0 Å². The fraction of sp³-hybridized carbons (Fsp3) is 0.294. The van der Waals surface area contributed by atoms with Crippen LogP contribution in [-0.4, -0.2) is 43.0 Å². The van der Waals surface area contributed by atoms with Gasteiger partial charge in [-0.3, -0.25) is 9.97 Å². The predicted molar refractivity (Wildman–Crippen MR) is 93.6 cm³/mol. The third kappa shape index (κ3) is 3.52. The molecule has 3 aromatic rings. The Morgan fingerprint density at radius 2 is 1.76 bits per heavy atom. The van der Waals surface area contributed by atoms with E-state index in [9.17, 15) is 0 Å². The fourth-order valence-electron chi connectivity index (χ4n) is 3.07. The number of nitrogens with one attached hydrogen (secondary N) is 1. The summed E-state index contributed by atoms with van der Waals surface area (Å²) < 4.78 is 0. The minimum absolute atomic E-state index is 0.255. The van der Waals surface area contributed by atoms with Crippen LogP contribution < -0.4 is 10.2 Å². The van der Waals surface area contributed by atoms with Crippen LogP contribution in [0.4, 0.5) is 17.6 Å². The first kappa shape index (κ1) is 15.4. The zero-order chi connectivity index (χ0) is 16.9. The van der Waals surface area contributed by atoms with Gasteiger partial charge in [0.1, 0.15) is 5.82 Å². The van der Waals surface area contributed by atoms with Crippen LogP contribution in [0.25, 0.3) is 0 Å². The predicted octanol–water partition coefficient (Wildman–Crippen LogP) is 2.18. The summed E-state index contributed by atoms with van der Waals surface area (Å²) in [4.78, 5) is 28.3. The topological polar surface area (TPSA) is 92.6 Å². The van der Waals surface area contributed by atoms with Gasteiger partial charge in [-0.25, -0.2) is 19.9 Å². The standard InChI is InChI=1S/C17H18N8/c1-3-13(12-25(10-1)17-22-4-2-5-23-17)15-16(21-9-8-20-15)24-14-11-18-6-7-19-14/h2,4-9,11,13H,1,3,10,12H2,(H,19,21,24)/t13-/m1/s1. The molecule has 0 unspecified atom stereocenters. The Hall–Kier alpha value is -3.16. The molecular weight excluding hydrogens is 316 g/mol. The third-order valence-electron chi connectivity index (χ3n) is 4.18. The van der Waals surface area contributed by atoms with Gasteiger partial charge in [0.05, 0.1) is 11.9 Å². The molecule has 8 heteroatoms. The number of aromatic nitrogens is 6. The van der Waals surface area contributed by atoms with E-state index in [1.807, 2.05) is 6.07 Å². The second kappa shape index (κ2) is 7.16. The smallest absolute Gasteiger partial charge is 0.225 e. The molecule has 0 spiro atoms. The Bertz CT molecular complexity index is 811. The van der Waals surface area contributed by atoms with Gasteiger partial charge in [0.15, 0.2) is 5.82 Å². The van der Waals surface area contributed by atoms with Crippen molar-refractivity contribution in [2.75, 3.05) is 23.3 Å². The molecule has 1 atom stereocenters. The van der Waals surface area contributed by atoms with E-state index in [1.165, 1.54) is 0 Å². The molecule has 4 rings (SSSR count). The van der Waals surface area contributed by atoms with Gasteiger partial charge < -0.3 is 10.2 Å². The molecule has 1 N–H and O–H groups in total. The minimum atomic E-state index is 0.255. The average molecular weight is 334 g/mol. The molecule has 0 saturated carbocycles. The summed E-state index contributed by atoms with van der Waals surface area (Å²) >= 11 is 0. The summed E-state index contributed by atoms with van der Waals surface area (Å²) in [7, 11) is 0. The van der Waals surface area contributed by atoms with Crippen LogP contribution in [0.2, 0.25) is 0 Å². The minimum Gasteiger partial charge on any atom is -0.340 e. The van der Waals surface area contributed by atoms with Crippen molar-refractivity contribution in [3.05, 3.63) is 55.1 Å². The maximum atomic E-state index is 4.59. The van der Waals surface area contributed by atoms with Crippen LogP contribution in [0.1, 0.15) is 24.5 Å². The van der Waals surface area contributed by atoms with E-state index in [-0.39, 0.29) is 5.92 Å². The summed E-state index contributed by atoms with van der Waals surface area (Å²) in [5.74, 6) is 2.40. The van der Waals surface area contributed by atoms with Gasteiger partial charge in [0, 0.05) is 56.2 Å². The molecule has 126 valence electrons. The Kier molecular flexibility index (Phi) is 4.40. The quantitative estimate of drug-likeness (QED) is 0.776. The average Bonchev–Trinajstić information content (AvgIpc) is 2.70. The van der Waals surface area contributed by atoms with E-state index < -0.39 is 0 Å².